The smallest absolute Gasteiger partial charge is 0.0546 e. The SMILES string of the molecule is CC(O)C/C=C/c1cccc(N(C)C)c1. The van der Waals surface area contributed by atoms with Crippen LogP contribution in [-0.2, 0) is 0 Å². The highest BCUT2D eigenvalue weighted by Crippen LogP contribution is 2.14. The zero-order valence-corrected chi connectivity index (χ0v) is 9.64. The molecule has 1 N–H and O–H groups in total. The van der Waals surface area contributed by atoms with Crippen LogP contribution in [0.3, 0.4) is 0 Å². The first-order chi connectivity index (χ1) is 7.09. The van der Waals surface area contributed by atoms with E-state index in [1.807, 2.05) is 32.3 Å². The lowest BCUT2D eigenvalue weighted by atomic mass is 10.1. The number of benzene rings is 1. The van der Waals surface area contributed by atoms with Gasteiger partial charge < -0.3 is 10.0 Å². The van der Waals surface area contributed by atoms with Gasteiger partial charge in [0, 0.05) is 19.8 Å². The maximum atomic E-state index is 9.11. The molecule has 82 valence electrons. The summed E-state index contributed by atoms with van der Waals surface area (Å²) in [5, 5.41) is 9.11. The van der Waals surface area contributed by atoms with Crippen molar-refractivity contribution in [3.8, 4) is 0 Å². The average Bonchev–Trinajstić information content (AvgIpc) is 2.17. The van der Waals surface area contributed by atoms with Gasteiger partial charge in [-0.05, 0) is 31.0 Å². The lowest BCUT2D eigenvalue weighted by Gasteiger charge is -2.12. The maximum absolute atomic E-state index is 9.11. The van der Waals surface area contributed by atoms with Gasteiger partial charge in [0.25, 0.3) is 0 Å². The minimum atomic E-state index is -0.265. The molecule has 2 nitrogen and oxygen atoms in total. The first-order valence-electron chi connectivity index (χ1n) is 5.21. The lowest BCUT2D eigenvalue weighted by Crippen LogP contribution is -2.08. The van der Waals surface area contributed by atoms with Gasteiger partial charge in [0.05, 0.1) is 6.10 Å². The van der Waals surface area contributed by atoms with E-state index in [0.717, 1.165) is 0 Å². The lowest BCUT2D eigenvalue weighted by molar-refractivity contribution is 0.199. The van der Waals surface area contributed by atoms with Crippen molar-refractivity contribution >= 4 is 11.8 Å². The number of aliphatic hydroxyl groups is 1. The molecular formula is C13H19NO. The second kappa shape index (κ2) is 5.56. The quantitative estimate of drug-likeness (QED) is 0.816. The third-order valence-corrected chi connectivity index (χ3v) is 2.17. The summed E-state index contributed by atoms with van der Waals surface area (Å²) in [4.78, 5) is 2.08. The van der Waals surface area contributed by atoms with E-state index >= 15 is 0 Å². The molecule has 1 atom stereocenters. The van der Waals surface area contributed by atoms with Gasteiger partial charge >= 0.3 is 0 Å². The van der Waals surface area contributed by atoms with E-state index in [1.54, 1.807) is 6.92 Å². The Labute approximate surface area is 91.9 Å². The van der Waals surface area contributed by atoms with Crippen LogP contribution < -0.4 is 4.90 Å². The van der Waals surface area contributed by atoms with Gasteiger partial charge in [0.15, 0.2) is 0 Å². The molecule has 0 heterocycles. The standard InChI is InChI=1S/C13H19NO/c1-11(15)6-4-7-12-8-5-9-13(10-12)14(2)3/h4-5,7-11,15H,6H2,1-3H3/b7-4+. The van der Waals surface area contributed by atoms with Crippen LogP contribution in [0.5, 0.6) is 0 Å². The van der Waals surface area contributed by atoms with Crippen molar-refractivity contribution in [3.63, 3.8) is 0 Å². The predicted octanol–water partition coefficient (Wildman–Crippen LogP) is 2.54. The Morgan fingerprint density at radius 2 is 2.13 bits per heavy atom. The van der Waals surface area contributed by atoms with E-state index in [9.17, 15) is 0 Å². The summed E-state index contributed by atoms with van der Waals surface area (Å²) in [6, 6.07) is 8.30. The third kappa shape index (κ3) is 4.17. The van der Waals surface area contributed by atoms with Crippen LogP contribution >= 0.6 is 0 Å². The van der Waals surface area contributed by atoms with E-state index in [0.29, 0.717) is 6.42 Å². The van der Waals surface area contributed by atoms with Crippen molar-refractivity contribution < 1.29 is 5.11 Å². The van der Waals surface area contributed by atoms with Gasteiger partial charge in [-0.3, -0.25) is 0 Å². The van der Waals surface area contributed by atoms with Crippen LogP contribution in [0.25, 0.3) is 6.08 Å². The summed E-state index contributed by atoms with van der Waals surface area (Å²) in [6.07, 6.45) is 4.48. The summed E-state index contributed by atoms with van der Waals surface area (Å²) in [5.74, 6) is 0. The summed E-state index contributed by atoms with van der Waals surface area (Å²) in [5.41, 5.74) is 2.36. The summed E-state index contributed by atoms with van der Waals surface area (Å²) in [7, 11) is 4.05. The third-order valence-electron chi connectivity index (χ3n) is 2.17. The fraction of sp³-hybridized carbons (Fsp3) is 0.385. The van der Waals surface area contributed by atoms with Gasteiger partial charge in [-0.1, -0.05) is 24.3 Å². The van der Waals surface area contributed by atoms with E-state index < -0.39 is 0 Å². The normalized spacial score (nSPS) is 13.1. The van der Waals surface area contributed by atoms with Gasteiger partial charge in [-0.2, -0.15) is 0 Å². The summed E-state index contributed by atoms with van der Waals surface area (Å²) < 4.78 is 0. The van der Waals surface area contributed by atoms with Crippen molar-refractivity contribution in [1.82, 2.24) is 0 Å². The molecular weight excluding hydrogens is 186 g/mol. The van der Waals surface area contributed by atoms with E-state index in [4.69, 9.17) is 5.11 Å². The molecule has 0 fully saturated rings. The highest BCUT2D eigenvalue weighted by Gasteiger charge is 1.95. The van der Waals surface area contributed by atoms with E-state index in [-0.39, 0.29) is 6.10 Å². The Bertz CT molecular complexity index is 329. The molecule has 0 aliphatic rings. The second-order valence-corrected chi connectivity index (χ2v) is 3.98. The van der Waals surface area contributed by atoms with Gasteiger partial charge in [-0.25, -0.2) is 0 Å². The molecule has 0 spiro atoms. The summed E-state index contributed by atoms with van der Waals surface area (Å²) in [6.45, 7) is 1.79. The van der Waals surface area contributed by atoms with Crippen molar-refractivity contribution in [2.24, 2.45) is 0 Å². The zero-order valence-electron chi connectivity index (χ0n) is 9.64. The first-order valence-corrected chi connectivity index (χ1v) is 5.21. The Balaban J connectivity index is 2.69. The van der Waals surface area contributed by atoms with Gasteiger partial charge in [0.1, 0.15) is 0 Å². The molecule has 0 saturated carbocycles. The van der Waals surface area contributed by atoms with Gasteiger partial charge in [-0.15, -0.1) is 0 Å². The predicted molar refractivity (Wildman–Crippen MR) is 66.1 cm³/mol. The van der Waals surface area contributed by atoms with Crippen LogP contribution in [0, 0.1) is 0 Å². The Morgan fingerprint density at radius 3 is 2.73 bits per heavy atom. The van der Waals surface area contributed by atoms with Crippen LogP contribution in [0.1, 0.15) is 18.9 Å². The first kappa shape index (κ1) is 11.8. The minimum absolute atomic E-state index is 0.265. The fourth-order valence-electron chi connectivity index (χ4n) is 1.31. The molecule has 15 heavy (non-hydrogen) atoms. The number of hydrogen-bond donors (Lipinski definition) is 1. The van der Waals surface area contributed by atoms with Crippen LogP contribution in [0.15, 0.2) is 30.3 Å². The van der Waals surface area contributed by atoms with Crippen molar-refractivity contribution in [1.29, 1.82) is 0 Å². The summed E-state index contributed by atoms with van der Waals surface area (Å²) >= 11 is 0. The molecule has 2 heteroatoms. The Morgan fingerprint density at radius 1 is 1.40 bits per heavy atom. The molecule has 0 aliphatic carbocycles. The number of rotatable bonds is 4. The molecule has 1 aromatic rings. The van der Waals surface area contributed by atoms with E-state index in [1.165, 1.54) is 11.3 Å². The molecule has 0 saturated heterocycles. The van der Waals surface area contributed by atoms with Gasteiger partial charge in [0.2, 0.25) is 0 Å². The molecule has 1 aromatic carbocycles. The number of nitrogens with zero attached hydrogens (tertiary/aromatic N) is 1. The van der Waals surface area contributed by atoms with Crippen molar-refractivity contribution in [3.05, 3.63) is 35.9 Å². The van der Waals surface area contributed by atoms with Crippen molar-refractivity contribution in [2.45, 2.75) is 19.4 Å². The Kier molecular flexibility index (Phi) is 4.37. The number of hydrogen-bond acceptors (Lipinski definition) is 2. The van der Waals surface area contributed by atoms with Crippen molar-refractivity contribution in [2.75, 3.05) is 19.0 Å². The number of anilines is 1. The zero-order chi connectivity index (χ0) is 11.3. The van der Waals surface area contributed by atoms with Crippen LogP contribution in [0.2, 0.25) is 0 Å². The largest absolute Gasteiger partial charge is 0.393 e. The highest BCUT2D eigenvalue weighted by atomic mass is 16.3. The molecule has 1 unspecified atom stereocenters. The second-order valence-electron chi connectivity index (χ2n) is 3.98. The van der Waals surface area contributed by atoms with Crippen LogP contribution in [-0.4, -0.2) is 25.3 Å². The maximum Gasteiger partial charge on any atom is 0.0546 e. The molecule has 0 aromatic heterocycles. The topological polar surface area (TPSA) is 23.5 Å². The molecule has 0 amide bonds. The number of aliphatic hydroxyl groups excluding tert-OH is 1. The molecule has 0 bridgehead atoms. The van der Waals surface area contributed by atoms with E-state index in [2.05, 4.69) is 23.1 Å². The van der Waals surface area contributed by atoms with Crippen LogP contribution in [0.4, 0.5) is 5.69 Å². The highest BCUT2D eigenvalue weighted by molar-refractivity contribution is 5.57. The average molecular weight is 205 g/mol. The molecule has 1 rings (SSSR count). The fourth-order valence-corrected chi connectivity index (χ4v) is 1.31. The monoisotopic (exact) mass is 205 g/mol. The molecule has 0 aliphatic heterocycles. The minimum Gasteiger partial charge on any atom is -0.393 e. The molecule has 0 radical (unpaired) electrons. The Hall–Kier alpha value is -1.28.